The molecule has 1 heterocycles. The molecule has 0 spiro atoms. The summed E-state index contributed by atoms with van der Waals surface area (Å²) in [5.74, 6) is 3.61. The minimum atomic E-state index is 0.398. The first-order chi connectivity index (χ1) is 6.36. The Labute approximate surface area is 79.3 Å². The van der Waals surface area contributed by atoms with Gasteiger partial charge in [0.25, 0.3) is 0 Å². The zero-order valence-electron chi connectivity index (χ0n) is 7.92. The summed E-state index contributed by atoms with van der Waals surface area (Å²) in [6.07, 6.45) is 8.74. The van der Waals surface area contributed by atoms with E-state index in [1.807, 2.05) is 12.1 Å². The summed E-state index contributed by atoms with van der Waals surface area (Å²) in [4.78, 5) is 0. The van der Waals surface area contributed by atoms with Crippen molar-refractivity contribution in [1.82, 2.24) is 5.32 Å². The molecule has 0 aromatic carbocycles. The molecule has 0 fully saturated rings. The van der Waals surface area contributed by atoms with E-state index in [1.165, 1.54) is 0 Å². The second kappa shape index (κ2) is 5.45. The summed E-state index contributed by atoms with van der Waals surface area (Å²) in [6.45, 7) is 2.88. The lowest BCUT2D eigenvalue weighted by atomic mass is 10.1. The lowest BCUT2D eigenvalue weighted by Gasteiger charge is -2.12. The molecular weight excluding hydrogens is 162 g/mol. The van der Waals surface area contributed by atoms with Crippen LogP contribution in [0.5, 0.6) is 0 Å². The lowest BCUT2D eigenvalue weighted by molar-refractivity contribution is 0.439. The highest BCUT2D eigenvalue weighted by molar-refractivity contribution is 4.98. The number of nitrogens with one attached hydrogen (secondary N) is 1. The Hall–Kier alpha value is -1.20. The molecule has 0 aliphatic rings. The molecule has 1 aromatic heterocycles. The van der Waals surface area contributed by atoms with Crippen molar-refractivity contribution < 1.29 is 4.42 Å². The number of hydrogen-bond donors (Lipinski definition) is 1. The van der Waals surface area contributed by atoms with Crippen molar-refractivity contribution in [3.05, 3.63) is 24.2 Å². The molecule has 1 rings (SSSR count). The van der Waals surface area contributed by atoms with E-state index >= 15 is 0 Å². The van der Waals surface area contributed by atoms with Gasteiger partial charge in [0.15, 0.2) is 0 Å². The zero-order chi connectivity index (χ0) is 9.52. The van der Waals surface area contributed by atoms with Crippen molar-refractivity contribution >= 4 is 0 Å². The summed E-state index contributed by atoms with van der Waals surface area (Å²) < 4.78 is 5.19. The summed E-state index contributed by atoms with van der Waals surface area (Å²) in [5.41, 5.74) is 0. The number of terminal acetylenes is 1. The van der Waals surface area contributed by atoms with Crippen LogP contribution >= 0.6 is 0 Å². The summed E-state index contributed by atoms with van der Waals surface area (Å²) in [5, 5.41) is 3.34. The average Bonchev–Trinajstić information content (AvgIpc) is 2.64. The Kier molecular flexibility index (Phi) is 4.14. The molecule has 0 radical (unpaired) electrons. The summed E-state index contributed by atoms with van der Waals surface area (Å²) >= 11 is 0. The van der Waals surface area contributed by atoms with Gasteiger partial charge < -0.3 is 9.73 Å². The molecule has 0 aliphatic carbocycles. The van der Waals surface area contributed by atoms with Crippen molar-refractivity contribution in [2.45, 2.75) is 32.4 Å². The quantitative estimate of drug-likeness (QED) is 0.697. The highest BCUT2D eigenvalue weighted by Crippen LogP contribution is 2.02. The number of rotatable bonds is 5. The van der Waals surface area contributed by atoms with Crippen molar-refractivity contribution in [2.75, 3.05) is 0 Å². The van der Waals surface area contributed by atoms with Crippen molar-refractivity contribution in [3.8, 4) is 12.3 Å². The summed E-state index contributed by atoms with van der Waals surface area (Å²) in [7, 11) is 0. The second-order valence-corrected chi connectivity index (χ2v) is 2.97. The van der Waals surface area contributed by atoms with Crippen LogP contribution in [0.25, 0.3) is 0 Å². The maximum Gasteiger partial charge on any atom is 0.117 e. The Morgan fingerprint density at radius 1 is 1.69 bits per heavy atom. The van der Waals surface area contributed by atoms with E-state index in [0.717, 1.165) is 25.1 Å². The van der Waals surface area contributed by atoms with Gasteiger partial charge in [-0.15, -0.1) is 12.3 Å². The van der Waals surface area contributed by atoms with Crippen molar-refractivity contribution in [1.29, 1.82) is 0 Å². The predicted molar refractivity (Wildman–Crippen MR) is 53.1 cm³/mol. The average molecular weight is 177 g/mol. The van der Waals surface area contributed by atoms with Gasteiger partial charge >= 0.3 is 0 Å². The Morgan fingerprint density at radius 2 is 2.54 bits per heavy atom. The SMILES string of the molecule is C#CCC(CC)NCc1ccco1. The van der Waals surface area contributed by atoms with Gasteiger partial charge in [-0.3, -0.25) is 0 Å². The van der Waals surface area contributed by atoms with E-state index < -0.39 is 0 Å². The molecule has 0 amide bonds. The Bertz CT molecular complexity index is 258. The number of furan rings is 1. The molecular formula is C11H15NO. The van der Waals surface area contributed by atoms with Gasteiger partial charge in [0.05, 0.1) is 12.8 Å². The van der Waals surface area contributed by atoms with Crippen LogP contribution in [-0.2, 0) is 6.54 Å². The van der Waals surface area contributed by atoms with Crippen molar-refractivity contribution in [2.24, 2.45) is 0 Å². The van der Waals surface area contributed by atoms with Crippen LogP contribution < -0.4 is 5.32 Å². The monoisotopic (exact) mass is 177 g/mol. The fourth-order valence-electron chi connectivity index (χ4n) is 1.16. The van der Waals surface area contributed by atoms with E-state index in [-0.39, 0.29) is 0 Å². The van der Waals surface area contributed by atoms with E-state index in [2.05, 4.69) is 18.2 Å². The molecule has 0 saturated carbocycles. The van der Waals surface area contributed by atoms with Gasteiger partial charge in [-0.1, -0.05) is 6.92 Å². The maximum atomic E-state index is 5.24. The van der Waals surface area contributed by atoms with Gasteiger partial charge in [0, 0.05) is 12.5 Å². The fourth-order valence-corrected chi connectivity index (χ4v) is 1.16. The third-order valence-electron chi connectivity index (χ3n) is 2.00. The molecule has 1 aromatic rings. The largest absolute Gasteiger partial charge is 0.468 e. The molecule has 1 atom stereocenters. The summed E-state index contributed by atoms with van der Waals surface area (Å²) in [6, 6.07) is 4.24. The van der Waals surface area contributed by atoms with E-state index in [0.29, 0.717) is 6.04 Å². The molecule has 1 N–H and O–H groups in total. The van der Waals surface area contributed by atoms with Crippen LogP contribution in [-0.4, -0.2) is 6.04 Å². The van der Waals surface area contributed by atoms with Gasteiger partial charge in [-0.05, 0) is 18.6 Å². The first-order valence-corrected chi connectivity index (χ1v) is 4.56. The first-order valence-electron chi connectivity index (χ1n) is 4.56. The van der Waals surface area contributed by atoms with Crippen molar-refractivity contribution in [3.63, 3.8) is 0 Å². The highest BCUT2D eigenvalue weighted by Gasteiger charge is 2.03. The fraction of sp³-hybridized carbons (Fsp3) is 0.455. The third kappa shape index (κ3) is 3.35. The zero-order valence-corrected chi connectivity index (χ0v) is 7.92. The van der Waals surface area contributed by atoms with Crippen LogP contribution in [0.2, 0.25) is 0 Å². The highest BCUT2D eigenvalue weighted by atomic mass is 16.3. The minimum Gasteiger partial charge on any atom is -0.468 e. The maximum absolute atomic E-state index is 5.24. The van der Waals surface area contributed by atoms with Gasteiger partial charge in [-0.2, -0.15) is 0 Å². The molecule has 2 heteroatoms. The van der Waals surface area contributed by atoms with Gasteiger partial charge in [-0.25, -0.2) is 0 Å². The lowest BCUT2D eigenvalue weighted by Crippen LogP contribution is -2.27. The molecule has 70 valence electrons. The van der Waals surface area contributed by atoms with Crippen LogP contribution in [0, 0.1) is 12.3 Å². The standard InChI is InChI=1S/C11H15NO/c1-3-6-10(4-2)12-9-11-7-5-8-13-11/h1,5,7-8,10,12H,4,6,9H2,2H3. The molecule has 13 heavy (non-hydrogen) atoms. The van der Waals surface area contributed by atoms with Gasteiger partial charge in [0.1, 0.15) is 5.76 Å². The van der Waals surface area contributed by atoms with Gasteiger partial charge in [0.2, 0.25) is 0 Å². The minimum absolute atomic E-state index is 0.398. The Morgan fingerprint density at radius 3 is 3.08 bits per heavy atom. The van der Waals surface area contributed by atoms with Crippen LogP contribution in [0.3, 0.4) is 0 Å². The molecule has 0 aliphatic heterocycles. The third-order valence-corrected chi connectivity index (χ3v) is 2.00. The van der Waals surface area contributed by atoms with Crippen LogP contribution in [0.4, 0.5) is 0 Å². The van der Waals surface area contributed by atoms with E-state index in [1.54, 1.807) is 6.26 Å². The van der Waals surface area contributed by atoms with Crippen LogP contribution in [0.15, 0.2) is 22.8 Å². The molecule has 0 bridgehead atoms. The first kappa shape index (κ1) is 9.88. The predicted octanol–water partition coefficient (Wildman–Crippen LogP) is 2.17. The molecule has 2 nitrogen and oxygen atoms in total. The normalized spacial score (nSPS) is 12.3. The topological polar surface area (TPSA) is 25.2 Å². The smallest absolute Gasteiger partial charge is 0.117 e. The molecule has 0 saturated heterocycles. The van der Waals surface area contributed by atoms with Crippen LogP contribution in [0.1, 0.15) is 25.5 Å². The second-order valence-electron chi connectivity index (χ2n) is 2.97. The van der Waals surface area contributed by atoms with E-state index in [9.17, 15) is 0 Å². The Balaban J connectivity index is 2.28. The molecule has 1 unspecified atom stereocenters. The number of hydrogen-bond acceptors (Lipinski definition) is 2. The van der Waals surface area contributed by atoms with E-state index in [4.69, 9.17) is 10.8 Å².